The first-order valence-electron chi connectivity index (χ1n) is 8.75. The van der Waals surface area contributed by atoms with Crippen LogP contribution in [0.1, 0.15) is 17.2 Å². The molecule has 0 saturated carbocycles. The molecule has 2 heterocycles. The lowest BCUT2D eigenvalue weighted by atomic mass is 9.89. The van der Waals surface area contributed by atoms with Crippen LogP contribution in [-0.4, -0.2) is 31.0 Å². The van der Waals surface area contributed by atoms with E-state index >= 15 is 0 Å². The SMILES string of the molecule is CN1CC2=C(N=C(N)NC2c2ccccc2Cl)/C(=C\c2ccccc2Cl)C1. The number of halogens is 2. The Hall–Kier alpha value is -2.27. The van der Waals surface area contributed by atoms with Crippen molar-refractivity contribution in [2.24, 2.45) is 10.7 Å². The van der Waals surface area contributed by atoms with Crippen LogP contribution in [0.5, 0.6) is 0 Å². The third kappa shape index (κ3) is 3.61. The third-order valence-electron chi connectivity index (χ3n) is 4.81. The molecule has 3 N–H and O–H groups in total. The summed E-state index contributed by atoms with van der Waals surface area (Å²) in [7, 11) is 2.09. The second-order valence-electron chi connectivity index (χ2n) is 6.83. The van der Waals surface area contributed by atoms with E-state index in [2.05, 4.69) is 28.3 Å². The van der Waals surface area contributed by atoms with E-state index in [4.69, 9.17) is 28.9 Å². The molecule has 2 aromatic carbocycles. The van der Waals surface area contributed by atoms with Gasteiger partial charge in [0.1, 0.15) is 0 Å². The number of nitrogens with zero attached hydrogens (tertiary/aromatic N) is 2. The van der Waals surface area contributed by atoms with Crippen LogP contribution >= 0.6 is 23.2 Å². The number of hydrogen-bond donors (Lipinski definition) is 2. The average molecular weight is 399 g/mol. The summed E-state index contributed by atoms with van der Waals surface area (Å²) in [6, 6.07) is 15.5. The minimum absolute atomic E-state index is 0.108. The van der Waals surface area contributed by atoms with Crippen LogP contribution in [0.25, 0.3) is 6.08 Å². The van der Waals surface area contributed by atoms with E-state index < -0.39 is 0 Å². The topological polar surface area (TPSA) is 53.6 Å². The van der Waals surface area contributed by atoms with Crippen LogP contribution in [0.2, 0.25) is 10.0 Å². The van der Waals surface area contributed by atoms with Gasteiger partial charge in [-0.25, -0.2) is 4.99 Å². The maximum absolute atomic E-state index is 6.47. The van der Waals surface area contributed by atoms with Gasteiger partial charge in [-0.15, -0.1) is 0 Å². The molecule has 4 rings (SSSR count). The van der Waals surface area contributed by atoms with Crippen molar-refractivity contribution in [3.63, 3.8) is 0 Å². The van der Waals surface area contributed by atoms with Crippen molar-refractivity contribution in [3.8, 4) is 0 Å². The first kappa shape index (κ1) is 18.1. The van der Waals surface area contributed by atoms with Gasteiger partial charge in [0.2, 0.25) is 0 Å². The van der Waals surface area contributed by atoms with E-state index in [1.165, 1.54) is 0 Å². The van der Waals surface area contributed by atoms with E-state index in [1.807, 2.05) is 48.5 Å². The number of rotatable bonds is 2. The number of hydrogen-bond acceptors (Lipinski definition) is 4. The Kier molecular flexibility index (Phi) is 4.96. The van der Waals surface area contributed by atoms with Gasteiger partial charge < -0.3 is 11.1 Å². The summed E-state index contributed by atoms with van der Waals surface area (Å²) >= 11 is 12.8. The van der Waals surface area contributed by atoms with Gasteiger partial charge in [-0.1, -0.05) is 59.6 Å². The number of guanidine groups is 1. The molecule has 1 atom stereocenters. The molecule has 0 saturated heterocycles. The van der Waals surface area contributed by atoms with Gasteiger partial charge in [0.15, 0.2) is 5.96 Å². The Balaban J connectivity index is 1.85. The van der Waals surface area contributed by atoms with E-state index in [1.54, 1.807) is 0 Å². The molecule has 0 aromatic heterocycles. The quantitative estimate of drug-likeness (QED) is 0.795. The predicted molar refractivity (Wildman–Crippen MR) is 113 cm³/mol. The van der Waals surface area contributed by atoms with E-state index in [0.29, 0.717) is 16.0 Å². The minimum atomic E-state index is -0.108. The molecule has 0 radical (unpaired) electrons. The van der Waals surface area contributed by atoms with Gasteiger partial charge in [-0.2, -0.15) is 0 Å². The number of aliphatic imine (C=N–C) groups is 1. The molecule has 0 aliphatic carbocycles. The van der Waals surface area contributed by atoms with Gasteiger partial charge >= 0.3 is 0 Å². The number of nitrogens with one attached hydrogen (secondary N) is 1. The van der Waals surface area contributed by atoms with E-state index in [-0.39, 0.29) is 6.04 Å². The lowest BCUT2D eigenvalue weighted by Gasteiger charge is -2.36. The van der Waals surface area contributed by atoms with Crippen molar-refractivity contribution in [2.75, 3.05) is 20.1 Å². The van der Waals surface area contributed by atoms with Crippen molar-refractivity contribution in [1.29, 1.82) is 0 Å². The minimum Gasteiger partial charge on any atom is -0.370 e. The predicted octanol–water partition coefficient (Wildman–Crippen LogP) is 4.24. The molecule has 27 heavy (non-hydrogen) atoms. The molecule has 2 aliphatic heterocycles. The van der Waals surface area contributed by atoms with Crippen molar-refractivity contribution < 1.29 is 0 Å². The van der Waals surface area contributed by atoms with Crippen LogP contribution in [-0.2, 0) is 0 Å². The molecule has 4 nitrogen and oxygen atoms in total. The summed E-state index contributed by atoms with van der Waals surface area (Å²) < 4.78 is 0. The number of nitrogens with two attached hydrogens (primary N) is 1. The van der Waals surface area contributed by atoms with Crippen LogP contribution in [0.4, 0.5) is 0 Å². The molecule has 2 aliphatic rings. The van der Waals surface area contributed by atoms with Crippen molar-refractivity contribution in [2.45, 2.75) is 6.04 Å². The molecular weight excluding hydrogens is 379 g/mol. The fraction of sp³-hybridized carbons (Fsp3) is 0.190. The smallest absolute Gasteiger partial charge is 0.194 e. The summed E-state index contributed by atoms with van der Waals surface area (Å²) in [5, 5.41) is 4.72. The number of likely N-dealkylation sites (N-methyl/N-ethyl adjacent to an activating group) is 1. The Morgan fingerprint density at radius 3 is 2.52 bits per heavy atom. The van der Waals surface area contributed by atoms with Crippen LogP contribution in [0.15, 0.2) is 70.4 Å². The maximum Gasteiger partial charge on any atom is 0.194 e. The van der Waals surface area contributed by atoms with Gasteiger partial charge in [0.25, 0.3) is 0 Å². The Morgan fingerprint density at radius 2 is 1.78 bits per heavy atom. The normalized spacial score (nSPS) is 21.7. The molecule has 0 amide bonds. The Morgan fingerprint density at radius 1 is 1.07 bits per heavy atom. The zero-order valence-electron chi connectivity index (χ0n) is 14.9. The fourth-order valence-electron chi connectivity index (χ4n) is 3.62. The highest BCUT2D eigenvalue weighted by Gasteiger charge is 2.32. The van der Waals surface area contributed by atoms with Crippen LogP contribution in [0.3, 0.4) is 0 Å². The van der Waals surface area contributed by atoms with Crippen molar-refractivity contribution >= 4 is 35.2 Å². The summed E-state index contributed by atoms with van der Waals surface area (Å²) in [5.41, 5.74) is 11.3. The summed E-state index contributed by atoms with van der Waals surface area (Å²) in [4.78, 5) is 6.89. The first-order valence-corrected chi connectivity index (χ1v) is 9.50. The van der Waals surface area contributed by atoms with Gasteiger partial charge in [-0.05, 0) is 47.5 Å². The molecule has 6 heteroatoms. The highest BCUT2D eigenvalue weighted by atomic mass is 35.5. The molecule has 0 fully saturated rings. The molecule has 0 bridgehead atoms. The fourth-order valence-corrected chi connectivity index (χ4v) is 4.06. The Bertz CT molecular complexity index is 978. The third-order valence-corrected chi connectivity index (χ3v) is 5.50. The lowest BCUT2D eigenvalue weighted by Crippen LogP contribution is -2.44. The molecule has 138 valence electrons. The average Bonchev–Trinajstić information content (AvgIpc) is 2.64. The van der Waals surface area contributed by atoms with Gasteiger partial charge in [0.05, 0.1) is 11.7 Å². The largest absolute Gasteiger partial charge is 0.370 e. The van der Waals surface area contributed by atoms with E-state index in [0.717, 1.165) is 41.1 Å². The highest BCUT2D eigenvalue weighted by Crippen LogP contribution is 2.38. The van der Waals surface area contributed by atoms with Crippen molar-refractivity contribution in [1.82, 2.24) is 10.2 Å². The Labute approximate surface area is 169 Å². The second kappa shape index (κ2) is 7.39. The molecular formula is C21H20Cl2N4. The zero-order chi connectivity index (χ0) is 19.0. The lowest BCUT2D eigenvalue weighted by molar-refractivity contribution is 0.367. The molecule has 1 unspecified atom stereocenters. The summed E-state index contributed by atoms with van der Waals surface area (Å²) in [6.07, 6.45) is 2.10. The molecule has 2 aromatic rings. The monoisotopic (exact) mass is 398 g/mol. The first-order chi connectivity index (χ1) is 13.0. The zero-order valence-corrected chi connectivity index (χ0v) is 16.4. The van der Waals surface area contributed by atoms with Crippen LogP contribution < -0.4 is 11.1 Å². The number of benzene rings is 2. The molecule has 0 spiro atoms. The van der Waals surface area contributed by atoms with Gasteiger partial charge in [0, 0.05) is 23.1 Å². The standard InChI is InChI=1S/C21H20Cl2N4/c1-27-11-14(10-13-6-2-4-8-17(13)22)19-16(12-27)20(26-21(24)25-19)15-7-3-5-9-18(15)23/h2-10,20H,11-12H2,1H3,(H3,24,25,26)/b14-10-. The highest BCUT2D eigenvalue weighted by molar-refractivity contribution is 6.32. The van der Waals surface area contributed by atoms with Crippen LogP contribution in [0, 0.1) is 0 Å². The van der Waals surface area contributed by atoms with Crippen molar-refractivity contribution in [3.05, 3.63) is 86.5 Å². The van der Waals surface area contributed by atoms with Gasteiger partial charge in [-0.3, -0.25) is 4.90 Å². The second-order valence-corrected chi connectivity index (χ2v) is 7.65. The summed E-state index contributed by atoms with van der Waals surface area (Å²) in [6.45, 7) is 1.56. The summed E-state index contributed by atoms with van der Waals surface area (Å²) in [5.74, 6) is 0.397. The maximum atomic E-state index is 6.47. The van der Waals surface area contributed by atoms with E-state index in [9.17, 15) is 0 Å².